The minimum Gasteiger partial charge on any atom is -0.398 e. The lowest BCUT2D eigenvalue weighted by molar-refractivity contribution is 0.114. The van der Waals surface area contributed by atoms with Crippen molar-refractivity contribution in [1.82, 2.24) is 5.32 Å². The molecule has 0 saturated carbocycles. The highest BCUT2D eigenvalue weighted by atomic mass is 28.4. The molecule has 0 amide bonds. The minimum absolute atomic E-state index is 0.364. The highest BCUT2D eigenvalue weighted by molar-refractivity contribution is 6.66. The molecule has 1 heterocycles. The largest absolute Gasteiger partial charge is 0.398 e. The molecule has 10 heteroatoms. The Morgan fingerprint density at radius 1 is 0.962 bits per heavy atom. The average Bonchev–Trinajstić information content (AvgIpc) is 3.49. The number of nitrogens with one attached hydrogen (secondary N) is 1. The van der Waals surface area contributed by atoms with E-state index in [-0.39, 0.29) is 0 Å². The van der Waals surface area contributed by atoms with Crippen molar-refractivity contribution in [3.05, 3.63) is 0 Å². The molecule has 1 aliphatic heterocycles. The van der Waals surface area contributed by atoms with Gasteiger partial charge in [0.2, 0.25) is 0 Å². The van der Waals surface area contributed by atoms with Crippen LogP contribution in [0.3, 0.4) is 0 Å². The summed E-state index contributed by atoms with van der Waals surface area (Å²) in [5.74, 6) is 0. The molecule has 1 fully saturated rings. The molecule has 1 atom stereocenters. The summed E-state index contributed by atoms with van der Waals surface area (Å²) in [6.45, 7) is 7.98. The molecule has 3 N–H and O–H groups in total. The Bertz CT molecular complexity index is 330. The van der Waals surface area contributed by atoms with Gasteiger partial charge in [0.1, 0.15) is 6.10 Å². The van der Waals surface area contributed by atoms with Crippen molar-refractivity contribution in [2.24, 2.45) is 5.73 Å². The van der Waals surface area contributed by atoms with Crippen LogP contribution in [0.4, 0.5) is 0 Å². The van der Waals surface area contributed by atoms with Gasteiger partial charge in [-0.3, -0.25) is 0 Å². The molecule has 1 saturated heterocycles. The van der Waals surface area contributed by atoms with Gasteiger partial charge in [-0.15, -0.1) is 0 Å². The third-order valence-electron chi connectivity index (χ3n) is 4.48. The molecule has 0 aromatic heterocycles. The van der Waals surface area contributed by atoms with Crippen molar-refractivity contribution in [1.29, 1.82) is 0 Å². The van der Waals surface area contributed by atoms with E-state index in [2.05, 4.69) is 18.4 Å². The van der Waals surface area contributed by atoms with Crippen LogP contribution in [-0.2, 0) is 27.2 Å². The van der Waals surface area contributed by atoms with Gasteiger partial charge in [0, 0.05) is 41.7 Å². The second-order valence-corrected chi connectivity index (χ2v) is 13.7. The molecule has 8 nitrogen and oxygen atoms in total. The fraction of sp³-hybridized carbons (Fsp3) is 1.00. The lowest BCUT2D eigenvalue weighted by Crippen LogP contribution is -2.37. The normalized spacial score (nSPS) is 17.0. The molecule has 1 unspecified atom stereocenters. The fourth-order valence-corrected chi connectivity index (χ4v) is 4.84. The summed E-state index contributed by atoms with van der Waals surface area (Å²) in [5, 5.41) is 3.06. The fourth-order valence-electron chi connectivity index (χ4n) is 2.09. The Morgan fingerprint density at radius 3 is 1.88 bits per heavy atom. The van der Waals surface area contributed by atoms with Crippen molar-refractivity contribution in [3.63, 3.8) is 0 Å². The lowest BCUT2D eigenvalue weighted by Gasteiger charge is -2.22. The van der Waals surface area contributed by atoms with Crippen LogP contribution in [0.5, 0.6) is 0 Å². The molecule has 0 aliphatic carbocycles. The third-order valence-corrected chi connectivity index (χ3v) is 10.5. The molecule has 0 aromatic rings. The van der Waals surface area contributed by atoms with Crippen molar-refractivity contribution in [2.45, 2.75) is 44.1 Å². The quantitative estimate of drug-likeness (QED) is 0.180. The van der Waals surface area contributed by atoms with Crippen LogP contribution < -0.4 is 11.1 Å². The highest BCUT2D eigenvalue weighted by Crippen LogP contribution is 2.14. The molecule has 0 aromatic carbocycles. The lowest BCUT2D eigenvalue weighted by atomic mass is 10.5. The number of hydrogen-bond donors (Lipinski definition) is 2. The molecule has 1 rings (SSSR count). The summed E-state index contributed by atoms with van der Waals surface area (Å²) in [5.41, 5.74) is 5.28. The Labute approximate surface area is 161 Å². The monoisotopic (exact) mass is 412 g/mol. The van der Waals surface area contributed by atoms with Crippen molar-refractivity contribution >= 4 is 17.1 Å². The van der Waals surface area contributed by atoms with Gasteiger partial charge in [0.05, 0.1) is 13.2 Å². The van der Waals surface area contributed by atoms with Gasteiger partial charge in [0.15, 0.2) is 0 Å². The van der Waals surface area contributed by atoms with Crippen molar-refractivity contribution in [2.75, 3.05) is 61.5 Å². The molecule has 0 radical (unpaired) electrons. The second kappa shape index (κ2) is 15.1. The van der Waals surface area contributed by atoms with Crippen LogP contribution in [0.25, 0.3) is 0 Å². The first-order valence-electron chi connectivity index (χ1n) is 9.19. The van der Waals surface area contributed by atoms with Crippen LogP contribution in [0.1, 0.15) is 12.8 Å². The minimum atomic E-state index is -1.87. The Kier molecular flexibility index (Phi) is 15.2. The predicted molar refractivity (Wildman–Crippen MR) is 108 cm³/mol. The zero-order chi connectivity index (χ0) is 19.9. The van der Waals surface area contributed by atoms with Crippen LogP contribution in [-0.4, -0.2) is 84.7 Å². The standard InChI is InChI=1S/C9H20O4Si.C7H20N2O2Si/c1-10-14(3,11-2)6-4-5-12-7-9-8-13-9;1-10-12(3,11-2)6-4-5-9-7-8/h9H,4-8H2,1-3H3;9H,4-8H2,1-3H3. The summed E-state index contributed by atoms with van der Waals surface area (Å²) in [6.07, 6.45) is 2.42. The van der Waals surface area contributed by atoms with Gasteiger partial charge in [-0.2, -0.15) is 0 Å². The first kappa shape index (κ1) is 26.1. The van der Waals surface area contributed by atoms with Crippen LogP contribution in [0, 0.1) is 0 Å². The van der Waals surface area contributed by atoms with Crippen molar-refractivity contribution < 1.29 is 27.2 Å². The van der Waals surface area contributed by atoms with Gasteiger partial charge in [-0.05, 0) is 44.6 Å². The van der Waals surface area contributed by atoms with E-state index in [0.717, 1.165) is 51.3 Å². The van der Waals surface area contributed by atoms with E-state index < -0.39 is 17.1 Å². The molecule has 0 bridgehead atoms. The molecule has 158 valence electrons. The van der Waals surface area contributed by atoms with Crippen LogP contribution in [0.2, 0.25) is 25.2 Å². The van der Waals surface area contributed by atoms with E-state index in [1.807, 2.05) is 0 Å². The topological polar surface area (TPSA) is 96.7 Å². The maximum Gasteiger partial charge on any atom is 0.334 e. The van der Waals surface area contributed by atoms with Crippen LogP contribution >= 0.6 is 0 Å². The summed E-state index contributed by atoms with van der Waals surface area (Å²) in [6, 6.07) is 1.98. The molecule has 0 spiro atoms. The van der Waals surface area contributed by atoms with E-state index >= 15 is 0 Å². The number of hydrogen-bond acceptors (Lipinski definition) is 8. The van der Waals surface area contributed by atoms with Crippen LogP contribution in [0.15, 0.2) is 0 Å². The first-order valence-corrected chi connectivity index (χ1v) is 14.2. The van der Waals surface area contributed by atoms with Gasteiger partial charge in [-0.1, -0.05) is 0 Å². The molecular weight excluding hydrogens is 372 g/mol. The zero-order valence-corrected chi connectivity index (χ0v) is 19.5. The van der Waals surface area contributed by atoms with E-state index in [9.17, 15) is 0 Å². The van der Waals surface area contributed by atoms with Gasteiger partial charge < -0.3 is 38.2 Å². The molecule has 26 heavy (non-hydrogen) atoms. The predicted octanol–water partition coefficient (Wildman–Crippen LogP) is 1.40. The summed E-state index contributed by atoms with van der Waals surface area (Å²) < 4.78 is 31.8. The number of epoxide rings is 1. The maximum atomic E-state index is 5.43. The first-order chi connectivity index (χ1) is 12.4. The highest BCUT2D eigenvalue weighted by Gasteiger charge is 2.28. The van der Waals surface area contributed by atoms with Crippen molar-refractivity contribution in [3.8, 4) is 0 Å². The summed E-state index contributed by atoms with van der Waals surface area (Å²) >= 11 is 0. The Hall–Kier alpha value is 0.114. The van der Waals surface area contributed by atoms with E-state index in [0.29, 0.717) is 12.8 Å². The van der Waals surface area contributed by atoms with E-state index in [4.69, 9.17) is 32.9 Å². The van der Waals surface area contributed by atoms with E-state index in [1.165, 1.54) is 0 Å². The van der Waals surface area contributed by atoms with Gasteiger partial charge >= 0.3 is 17.1 Å². The number of rotatable bonds is 15. The smallest absolute Gasteiger partial charge is 0.334 e. The molecular formula is C16H40N2O6Si2. The average molecular weight is 413 g/mol. The number of nitrogens with two attached hydrogens (primary N) is 1. The summed E-state index contributed by atoms with van der Waals surface area (Å²) in [4.78, 5) is 0. The van der Waals surface area contributed by atoms with Gasteiger partial charge in [-0.25, -0.2) is 0 Å². The Balaban J connectivity index is 0.000000488. The summed E-state index contributed by atoms with van der Waals surface area (Å²) in [7, 11) is 3.16. The Morgan fingerprint density at radius 2 is 1.46 bits per heavy atom. The number of ether oxygens (including phenoxy) is 2. The third kappa shape index (κ3) is 13.3. The maximum absolute atomic E-state index is 5.43. The second-order valence-electron chi connectivity index (χ2n) is 6.53. The SMILES string of the molecule is CO[Si](C)(CCCNCN)OC.CO[Si](C)(CCCOCC1CO1)OC. The zero-order valence-electron chi connectivity index (χ0n) is 17.5. The van der Waals surface area contributed by atoms with E-state index in [1.54, 1.807) is 28.4 Å². The van der Waals surface area contributed by atoms with Gasteiger partial charge in [0.25, 0.3) is 0 Å². The molecule has 1 aliphatic rings.